The van der Waals surface area contributed by atoms with Gasteiger partial charge in [-0.1, -0.05) is 0 Å². The molecule has 1 N–H and O–H groups in total. The molecule has 0 fully saturated rings. The Balaban J connectivity index is 2.96. The topological polar surface area (TPSA) is 50.9 Å². The van der Waals surface area contributed by atoms with Gasteiger partial charge in [0.05, 0.1) is 6.61 Å². The smallest absolute Gasteiger partial charge is 0.135 e. The first-order chi connectivity index (χ1) is 4.77. The summed E-state index contributed by atoms with van der Waals surface area (Å²) >= 11 is 0. The summed E-state index contributed by atoms with van der Waals surface area (Å²) in [5.74, 6) is 0. The second-order valence-electron chi connectivity index (χ2n) is 1.87. The summed E-state index contributed by atoms with van der Waals surface area (Å²) in [5.41, 5.74) is 0.523. The molecule has 0 amide bonds. The third-order valence-electron chi connectivity index (χ3n) is 1.14. The molecule has 56 valence electrons. The van der Waals surface area contributed by atoms with Gasteiger partial charge in [-0.3, -0.25) is 0 Å². The summed E-state index contributed by atoms with van der Waals surface area (Å²) in [5, 5.41) is 16.0. The number of aliphatic hydroxyl groups is 1. The van der Waals surface area contributed by atoms with Crippen molar-refractivity contribution in [2.24, 2.45) is 7.05 Å². The van der Waals surface area contributed by atoms with Crippen molar-refractivity contribution in [1.82, 2.24) is 15.0 Å². The van der Waals surface area contributed by atoms with Crippen LogP contribution in [0.5, 0.6) is 0 Å². The summed E-state index contributed by atoms with van der Waals surface area (Å²) in [7, 11) is 1.58. The fourth-order valence-electron chi connectivity index (χ4n) is 0.714. The van der Waals surface area contributed by atoms with E-state index in [0.717, 1.165) is 0 Å². The second kappa shape index (κ2) is 2.74. The molecule has 1 rings (SSSR count). The summed E-state index contributed by atoms with van der Waals surface area (Å²) < 4.78 is 12.0. The lowest BCUT2D eigenvalue weighted by atomic mass is 10.4. The van der Waals surface area contributed by atoms with Crippen molar-refractivity contribution < 1.29 is 9.50 Å². The molecule has 0 saturated heterocycles. The molecule has 0 aliphatic rings. The van der Waals surface area contributed by atoms with Crippen LogP contribution in [0.4, 0.5) is 4.39 Å². The van der Waals surface area contributed by atoms with Gasteiger partial charge in [-0.25, -0.2) is 4.39 Å². The minimum Gasteiger partial charge on any atom is -0.390 e. The molecule has 0 spiro atoms. The number of hydrogen-bond donors (Lipinski definition) is 1. The fraction of sp³-hybridized carbons (Fsp3) is 0.600. The molecular formula is C5H8FN3O. The van der Waals surface area contributed by atoms with E-state index in [1.807, 2.05) is 0 Å². The molecular weight excluding hydrogens is 137 g/mol. The highest BCUT2D eigenvalue weighted by Crippen LogP contribution is 2.02. The summed E-state index contributed by atoms with van der Waals surface area (Å²) in [6.07, 6.45) is 0. The standard InChI is InChI=1S/C5H8FN3O/c1-9-7-4(2-6)5(3-10)8-9/h10H,2-3H2,1H3. The van der Waals surface area contributed by atoms with Crippen LogP contribution in [0.15, 0.2) is 0 Å². The zero-order chi connectivity index (χ0) is 7.56. The van der Waals surface area contributed by atoms with Crippen LogP contribution in [-0.2, 0) is 20.3 Å². The van der Waals surface area contributed by atoms with Gasteiger partial charge in [0, 0.05) is 7.05 Å². The minimum absolute atomic E-state index is 0.213. The lowest BCUT2D eigenvalue weighted by Gasteiger charge is -1.85. The predicted octanol–water partition coefficient (Wildman–Crippen LogP) is -0.223. The Bertz CT molecular complexity index is 201. The van der Waals surface area contributed by atoms with Crippen LogP contribution >= 0.6 is 0 Å². The van der Waals surface area contributed by atoms with E-state index in [1.54, 1.807) is 7.05 Å². The largest absolute Gasteiger partial charge is 0.390 e. The molecule has 0 radical (unpaired) electrons. The van der Waals surface area contributed by atoms with Gasteiger partial charge in [0.1, 0.15) is 18.1 Å². The van der Waals surface area contributed by atoms with E-state index >= 15 is 0 Å². The van der Waals surface area contributed by atoms with E-state index in [2.05, 4.69) is 10.2 Å². The van der Waals surface area contributed by atoms with Crippen LogP contribution in [0.1, 0.15) is 11.4 Å². The van der Waals surface area contributed by atoms with Crippen molar-refractivity contribution >= 4 is 0 Å². The molecule has 5 heteroatoms. The predicted molar refractivity (Wildman–Crippen MR) is 31.7 cm³/mol. The molecule has 1 aromatic rings. The van der Waals surface area contributed by atoms with Crippen molar-refractivity contribution in [3.05, 3.63) is 11.4 Å². The minimum atomic E-state index is -0.677. The van der Waals surface area contributed by atoms with Crippen molar-refractivity contribution in [3.8, 4) is 0 Å². The van der Waals surface area contributed by atoms with Crippen LogP contribution in [0.25, 0.3) is 0 Å². The van der Waals surface area contributed by atoms with Crippen molar-refractivity contribution in [2.75, 3.05) is 0 Å². The second-order valence-corrected chi connectivity index (χ2v) is 1.87. The van der Waals surface area contributed by atoms with Crippen LogP contribution in [-0.4, -0.2) is 20.1 Å². The number of halogens is 1. The fourth-order valence-corrected chi connectivity index (χ4v) is 0.714. The van der Waals surface area contributed by atoms with Gasteiger partial charge in [-0.2, -0.15) is 15.0 Å². The lowest BCUT2D eigenvalue weighted by molar-refractivity contribution is 0.273. The zero-order valence-corrected chi connectivity index (χ0v) is 5.58. The van der Waals surface area contributed by atoms with Crippen molar-refractivity contribution in [1.29, 1.82) is 0 Å². The van der Waals surface area contributed by atoms with Crippen LogP contribution in [0, 0.1) is 0 Å². The maximum absolute atomic E-state index is 12.0. The summed E-state index contributed by atoms with van der Waals surface area (Å²) in [4.78, 5) is 1.24. The van der Waals surface area contributed by atoms with Gasteiger partial charge in [-0.15, -0.1) is 0 Å². The Morgan fingerprint density at radius 3 is 2.50 bits per heavy atom. The number of alkyl halides is 1. The molecule has 0 bridgehead atoms. The van der Waals surface area contributed by atoms with Gasteiger partial charge in [0.15, 0.2) is 0 Å². The Morgan fingerprint density at radius 2 is 2.10 bits per heavy atom. The van der Waals surface area contributed by atoms with Crippen molar-refractivity contribution in [2.45, 2.75) is 13.3 Å². The quantitative estimate of drug-likeness (QED) is 0.625. The Morgan fingerprint density at radius 1 is 1.50 bits per heavy atom. The highest BCUT2D eigenvalue weighted by molar-refractivity contribution is 5.05. The number of rotatable bonds is 2. The van der Waals surface area contributed by atoms with Gasteiger partial charge >= 0.3 is 0 Å². The van der Waals surface area contributed by atoms with E-state index in [-0.39, 0.29) is 12.3 Å². The van der Waals surface area contributed by atoms with Gasteiger partial charge in [0.2, 0.25) is 0 Å². The monoisotopic (exact) mass is 145 g/mol. The summed E-state index contributed by atoms with van der Waals surface area (Å²) in [6, 6.07) is 0. The molecule has 0 aliphatic carbocycles. The number of aromatic nitrogens is 3. The number of hydrogen-bond acceptors (Lipinski definition) is 3. The number of nitrogens with zero attached hydrogens (tertiary/aromatic N) is 3. The average molecular weight is 145 g/mol. The van der Waals surface area contributed by atoms with Crippen LogP contribution < -0.4 is 0 Å². The highest BCUT2D eigenvalue weighted by atomic mass is 19.1. The first-order valence-corrected chi connectivity index (χ1v) is 2.84. The maximum Gasteiger partial charge on any atom is 0.135 e. The SMILES string of the molecule is Cn1nc(CO)c(CF)n1. The maximum atomic E-state index is 12.0. The van der Waals surface area contributed by atoms with Crippen molar-refractivity contribution in [3.63, 3.8) is 0 Å². The Kier molecular flexibility index (Phi) is 1.96. The molecule has 0 unspecified atom stereocenters. The molecule has 4 nitrogen and oxygen atoms in total. The normalized spacial score (nSPS) is 10.3. The third kappa shape index (κ3) is 1.13. The molecule has 10 heavy (non-hydrogen) atoms. The van der Waals surface area contributed by atoms with Gasteiger partial charge in [0.25, 0.3) is 0 Å². The van der Waals surface area contributed by atoms with E-state index in [9.17, 15) is 4.39 Å². The zero-order valence-electron chi connectivity index (χ0n) is 5.58. The molecule has 1 aromatic heterocycles. The van der Waals surface area contributed by atoms with E-state index in [4.69, 9.17) is 5.11 Å². The summed E-state index contributed by atoms with van der Waals surface area (Å²) in [6.45, 7) is -0.934. The van der Waals surface area contributed by atoms with E-state index in [0.29, 0.717) is 5.69 Å². The molecule has 0 saturated carbocycles. The number of aryl methyl sites for hydroxylation is 1. The first kappa shape index (κ1) is 7.14. The molecule has 1 heterocycles. The lowest BCUT2D eigenvalue weighted by Crippen LogP contribution is -1.92. The van der Waals surface area contributed by atoms with E-state index < -0.39 is 6.67 Å². The molecule has 0 aromatic carbocycles. The Hall–Kier alpha value is -0.970. The van der Waals surface area contributed by atoms with E-state index in [1.165, 1.54) is 4.80 Å². The highest BCUT2D eigenvalue weighted by Gasteiger charge is 2.06. The van der Waals surface area contributed by atoms with Crippen LogP contribution in [0.3, 0.4) is 0 Å². The van der Waals surface area contributed by atoms with Gasteiger partial charge < -0.3 is 5.11 Å². The third-order valence-corrected chi connectivity index (χ3v) is 1.14. The average Bonchev–Trinajstić information content (AvgIpc) is 2.30. The first-order valence-electron chi connectivity index (χ1n) is 2.84. The Labute approximate surface area is 57.3 Å². The van der Waals surface area contributed by atoms with Crippen LogP contribution in [0.2, 0.25) is 0 Å². The number of aliphatic hydroxyl groups excluding tert-OH is 1. The molecule has 0 aliphatic heterocycles. The van der Waals surface area contributed by atoms with Gasteiger partial charge in [-0.05, 0) is 0 Å². The molecule has 0 atom stereocenters.